The van der Waals surface area contributed by atoms with Gasteiger partial charge in [-0.15, -0.1) is 10.2 Å². The van der Waals surface area contributed by atoms with Crippen LogP contribution in [0.25, 0.3) is 16.9 Å². The Morgan fingerprint density at radius 1 is 1.11 bits per heavy atom. The van der Waals surface area contributed by atoms with E-state index in [9.17, 15) is 0 Å². The van der Waals surface area contributed by atoms with E-state index in [-0.39, 0.29) is 12.1 Å². The molecule has 0 amide bonds. The first-order valence-electron chi connectivity index (χ1n) is 13.4. The molecule has 6 rings (SSSR count). The van der Waals surface area contributed by atoms with Gasteiger partial charge in [0.25, 0.3) is 5.78 Å². The Bertz CT molecular complexity index is 1390. The highest BCUT2D eigenvalue weighted by Gasteiger charge is 2.36. The van der Waals surface area contributed by atoms with E-state index in [1.54, 1.807) is 6.33 Å². The molecular formula is C27H35ClN8O. The molecule has 3 aromatic heterocycles. The molecule has 37 heavy (non-hydrogen) atoms. The monoisotopic (exact) mass is 522 g/mol. The zero-order valence-corrected chi connectivity index (χ0v) is 22.8. The number of hydrogen-bond acceptors (Lipinski definition) is 7. The van der Waals surface area contributed by atoms with E-state index in [2.05, 4.69) is 64.4 Å². The third kappa shape index (κ3) is 4.36. The zero-order valence-electron chi connectivity index (χ0n) is 22.0. The highest BCUT2D eigenvalue weighted by molar-refractivity contribution is 6.30. The summed E-state index contributed by atoms with van der Waals surface area (Å²) in [6.07, 6.45) is 5.18. The number of aryl methyl sites for hydroxylation is 1. The van der Waals surface area contributed by atoms with Gasteiger partial charge in [0.05, 0.1) is 12.6 Å². The van der Waals surface area contributed by atoms with Crippen LogP contribution < -0.4 is 4.90 Å². The van der Waals surface area contributed by atoms with Gasteiger partial charge >= 0.3 is 0 Å². The van der Waals surface area contributed by atoms with Crippen LogP contribution in [0.15, 0.2) is 30.6 Å². The van der Waals surface area contributed by atoms with E-state index in [4.69, 9.17) is 26.3 Å². The molecule has 2 saturated heterocycles. The van der Waals surface area contributed by atoms with E-state index in [0.717, 1.165) is 73.3 Å². The molecule has 0 saturated carbocycles. The Hall–Kier alpha value is -2.75. The second-order valence-corrected chi connectivity index (χ2v) is 11.0. The fraction of sp³-hybridized carbons (Fsp3) is 0.556. The summed E-state index contributed by atoms with van der Waals surface area (Å²) in [7, 11) is 0. The minimum Gasteiger partial charge on any atom is -0.376 e. The van der Waals surface area contributed by atoms with Gasteiger partial charge in [0.15, 0.2) is 11.5 Å². The van der Waals surface area contributed by atoms with E-state index < -0.39 is 0 Å². The number of anilines is 1. The fourth-order valence-electron chi connectivity index (χ4n) is 6.19. The predicted molar refractivity (Wildman–Crippen MR) is 145 cm³/mol. The summed E-state index contributed by atoms with van der Waals surface area (Å²) in [5.41, 5.74) is 3.21. The van der Waals surface area contributed by atoms with Crippen molar-refractivity contribution in [1.82, 2.24) is 34.0 Å². The number of imidazole rings is 1. The topological polar surface area (TPSA) is 76.6 Å². The minimum absolute atomic E-state index is 0.209. The molecule has 5 heterocycles. The number of halogens is 1. The Balaban J connectivity index is 1.36. The number of nitrogens with zero attached hydrogens (tertiary/aromatic N) is 8. The van der Waals surface area contributed by atoms with E-state index >= 15 is 0 Å². The summed E-state index contributed by atoms with van der Waals surface area (Å²) < 4.78 is 10.2. The third-order valence-corrected chi connectivity index (χ3v) is 8.32. The van der Waals surface area contributed by atoms with Crippen molar-refractivity contribution < 1.29 is 4.74 Å². The van der Waals surface area contributed by atoms with E-state index in [0.29, 0.717) is 17.9 Å². The van der Waals surface area contributed by atoms with Gasteiger partial charge in [-0.05, 0) is 57.7 Å². The van der Waals surface area contributed by atoms with Crippen LogP contribution in [0.1, 0.15) is 57.5 Å². The van der Waals surface area contributed by atoms with Crippen LogP contribution in [0.5, 0.6) is 0 Å². The molecule has 2 fully saturated rings. The molecule has 10 heteroatoms. The normalized spacial score (nSPS) is 23.9. The van der Waals surface area contributed by atoms with Crippen molar-refractivity contribution in [3.8, 4) is 0 Å². The molecule has 0 unspecified atom stereocenters. The molecule has 0 bridgehead atoms. The van der Waals surface area contributed by atoms with Crippen LogP contribution >= 0.6 is 11.6 Å². The molecule has 9 nitrogen and oxygen atoms in total. The molecule has 1 aromatic carbocycles. The number of rotatable bonds is 6. The summed E-state index contributed by atoms with van der Waals surface area (Å²) in [4.78, 5) is 15.1. The maximum Gasteiger partial charge on any atom is 0.258 e. The number of aromatic nitrogens is 6. The Labute approximate surface area is 222 Å². The summed E-state index contributed by atoms with van der Waals surface area (Å²) in [5, 5.41) is 9.29. The maximum atomic E-state index is 6.17. The number of ether oxygens (including phenoxy) is 1. The van der Waals surface area contributed by atoms with Gasteiger partial charge in [0.1, 0.15) is 17.7 Å². The first-order valence-corrected chi connectivity index (χ1v) is 13.8. The van der Waals surface area contributed by atoms with E-state index in [1.807, 2.05) is 16.5 Å². The molecule has 0 N–H and O–H groups in total. The van der Waals surface area contributed by atoms with Crippen molar-refractivity contribution in [1.29, 1.82) is 0 Å². The van der Waals surface area contributed by atoms with Gasteiger partial charge in [-0.2, -0.15) is 4.98 Å². The van der Waals surface area contributed by atoms with Crippen molar-refractivity contribution in [3.63, 3.8) is 0 Å². The number of fused-ring (bicyclic) bond motifs is 3. The van der Waals surface area contributed by atoms with Gasteiger partial charge in [0.2, 0.25) is 0 Å². The first-order chi connectivity index (χ1) is 17.9. The number of piperazine rings is 1. The van der Waals surface area contributed by atoms with Crippen LogP contribution in [0.3, 0.4) is 0 Å². The minimum atomic E-state index is 0.209. The van der Waals surface area contributed by atoms with Gasteiger partial charge in [0, 0.05) is 42.8 Å². The lowest BCUT2D eigenvalue weighted by Gasteiger charge is -2.47. The van der Waals surface area contributed by atoms with Gasteiger partial charge in [-0.3, -0.25) is 4.90 Å². The van der Waals surface area contributed by atoms with Crippen molar-refractivity contribution in [2.45, 2.75) is 77.7 Å². The molecule has 0 radical (unpaired) electrons. The molecule has 196 valence electrons. The molecule has 2 aliphatic rings. The number of benzene rings is 1. The average molecular weight is 523 g/mol. The Morgan fingerprint density at radius 3 is 2.65 bits per heavy atom. The quantitative estimate of drug-likeness (QED) is 0.364. The zero-order chi connectivity index (χ0) is 25.7. The standard InChI is InChI=1S/C27H35ClN8O/c1-5-23(20-8-10-21(28)11-9-20)33-13-18(3)34(14-17(33)2)25-24-26(36-16-29-32-27(36)31-25)35(19(4)30-24)15-22-7-6-12-37-22/h8-11,16-18,22-23H,5-7,12-15H2,1-4H3/t17-,18+,22+,23+/m1/s1. The molecule has 0 aliphatic carbocycles. The van der Waals surface area contributed by atoms with Crippen molar-refractivity contribution >= 4 is 34.4 Å². The lowest BCUT2D eigenvalue weighted by Crippen LogP contribution is -2.57. The highest BCUT2D eigenvalue weighted by Crippen LogP contribution is 2.35. The molecule has 2 aliphatic heterocycles. The third-order valence-electron chi connectivity index (χ3n) is 8.07. The maximum absolute atomic E-state index is 6.17. The average Bonchev–Trinajstić information content (AvgIpc) is 3.63. The SMILES string of the molecule is CC[C@@H](c1ccc(Cl)cc1)N1C[C@H](C)N(c2nc3nncn3c3c2nc(C)n3C[C@@H]2CCCO2)C[C@H]1C. The van der Waals surface area contributed by atoms with Crippen molar-refractivity contribution in [2.75, 3.05) is 24.6 Å². The second-order valence-electron chi connectivity index (χ2n) is 10.5. The highest BCUT2D eigenvalue weighted by atomic mass is 35.5. The van der Waals surface area contributed by atoms with Crippen LogP contribution in [0.2, 0.25) is 5.02 Å². The van der Waals surface area contributed by atoms with Gasteiger partial charge in [-0.1, -0.05) is 30.7 Å². The molecular weight excluding hydrogens is 488 g/mol. The van der Waals surface area contributed by atoms with Gasteiger partial charge < -0.3 is 14.2 Å². The lowest BCUT2D eigenvalue weighted by molar-refractivity contribution is 0.0972. The summed E-state index contributed by atoms with van der Waals surface area (Å²) in [6.45, 7) is 12.3. The van der Waals surface area contributed by atoms with E-state index in [1.165, 1.54) is 5.56 Å². The molecule has 4 aromatic rings. The van der Waals surface area contributed by atoms with Crippen LogP contribution in [-0.2, 0) is 11.3 Å². The van der Waals surface area contributed by atoms with Gasteiger partial charge in [-0.25, -0.2) is 9.38 Å². The largest absolute Gasteiger partial charge is 0.376 e. The van der Waals surface area contributed by atoms with Crippen LogP contribution in [-0.4, -0.2) is 71.9 Å². The van der Waals surface area contributed by atoms with Crippen molar-refractivity contribution in [2.24, 2.45) is 0 Å². The molecule has 4 atom stereocenters. The lowest BCUT2D eigenvalue weighted by atomic mass is 9.97. The smallest absolute Gasteiger partial charge is 0.258 e. The second kappa shape index (κ2) is 9.85. The summed E-state index contributed by atoms with van der Waals surface area (Å²) in [6, 6.07) is 9.24. The Morgan fingerprint density at radius 2 is 1.92 bits per heavy atom. The van der Waals surface area contributed by atoms with Crippen LogP contribution in [0, 0.1) is 6.92 Å². The number of hydrogen-bond donors (Lipinski definition) is 0. The molecule has 0 spiro atoms. The Kier molecular flexibility index (Phi) is 6.54. The fourth-order valence-corrected chi connectivity index (χ4v) is 6.32. The predicted octanol–water partition coefficient (Wildman–Crippen LogP) is 4.67. The summed E-state index contributed by atoms with van der Waals surface area (Å²) in [5.74, 6) is 2.46. The van der Waals surface area contributed by atoms with Crippen LogP contribution in [0.4, 0.5) is 5.82 Å². The van der Waals surface area contributed by atoms with Crippen molar-refractivity contribution in [3.05, 3.63) is 47.0 Å². The first kappa shape index (κ1) is 24.6. The summed E-state index contributed by atoms with van der Waals surface area (Å²) >= 11 is 6.17.